The molecule has 2 N–H and O–H groups in total. The van der Waals surface area contributed by atoms with Crippen molar-refractivity contribution in [3.8, 4) is 17.3 Å². The molecule has 0 amide bonds. The van der Waals surface area contributed by atoms with Crippen LogP contribution in [0.1, 0.15) is 29.6 Å². The summed E-state index contributed by atoms with van der Waals surface area (Å²) in [5.74, 6) is 1.54. The van der Waals surface area contributed by atoms with Crippen LogP contribution in [0.2, 0.25) is 0 Å². The highest BCUT2D eigenvalue weighted by Gasteiger charge is 2.28. The summed E-state index contributed by atoms with van der Waals surface area (Å²) in [5.41, 5.74) is 3.66. The molecule has 2 aliphatic rings. The van der Waals surface area contributed by atoms with Crippen molar-refractivity contribution in [2.75, 3.05) is 20.2 Å². The van der Waals surface area contributed by atoms with Crippen molar-refractivity contribution in [2.24, 2.45) is 11.8 Å². The molecule has 1 atom stereocenters. The van der Waals surface area contributed by atoms with E-state index in [4.69, 9.17) is 9.72 Å². The summed E-state index contributed by atoms with van der Waals surface area (Å²) >= 11 is 0. The highest BCUT2D eigenvalue weighted by atomic mass is 16.5. The van der Waals surface area contributed by atoms with Crippen LogP contribution in [0.3, 0.4) is 0 Å². The number of pyridine rings is 1. The molecule has 0 spiro atoms. The molecular weight excluding hydrogens is 418 g/mol. The van der Waals surface area contributed by atoms with Crippen molar-refractivity contribution in [1.82, 2.24) is 24.4 Å². The molecule has 0 radical (unpaired) electrons. The quantitative estimate of drug-likeness (QED) is 0.450. The fourth-order valence-electron chi connectivity index (χ4n) is 5.03. The Bertz CT molecular complexity index is 1360. The molecule has 4 heterocycles. The van der Waals surface area contributed by atoms with Crippen molar-refractivity contribution in [3.05, 3.63) is 42.1 Å². The number of aromatic carboxylic acids is 1. The average Bonchev–Trinajstić information content (AvgIpc) is 3.19. The van der Waals surface area contributed by atoms with Gasteiger partial charge in [0.05, 0.1) is 23.9 Å². The molecule has 0 bridgehead atoms. The molecule has 1 aromatic carbocycles. The van der Waals surface area contributed by atoms with Crippen molar-refractivity contribution in [3.63, 3.8) is 0 Å². The number of imidazole rings is 1. The first kappa shape index (κ1) is 20.2. The number of nitrogens with one attached hydrogen (secondary N) is 1. The van der Waals surface area contributed by atoms with Gasteiger partial charge in [0.1, 0.15) is 16.9 Å². The van der Waals surface area contributed by atoms with Crippen molar-refractivity contribution >= 4 is 28.0 Å². The Morgan fingerprint density at radius 1 is 1.18 bits per heavy atom. The van der Waals surface area contributed by atoms with E-state index in [9.17, 15) is 9.90 Å². The number of carbonyl (C=O) groups is 1. The van der Waals surface area contributed by atoms with E-state index in [0.717, 1.165) is 60.7 Å². The molecular formula is C25H27N5O3. The van der Waals surface area contributed by atoms with Gasteiger partial charge in [-0.05, 0) is 74.5 Å². The molecule has 8 nitrogen and oxygen atoms in total. The summed E-state index contributed by atoms with van der Waals surface area (Å²) < 4.78 is 10.2. The van der Waals surface area contributed by atoms with Crippen LogP contribution < -0.4 is 10.1 Å². The lowest BCUT2D eigenvalue weighted by Crippen LogP contribution is -2.16. The molecule has 33 heavy (non-hydrogen) atoms. The van der Waals surface area contributed by atoms with E-state index in [1.165, 1.54) is 12.8 Å². The van der Waals surface area contributed by atoms with Crippen LogP contribution >= 0.6 is 0 Å². The third-order valence-electron chi connectivity index (χ3n) is 6.90. The first-order chi connectivity index (χ1) is 16.1. The first-order valence-electron chi connectivity index (χ1n) is 11.6. The summed E-state index contributed by atoms with van der Waals surface area (Å²) in [5, 5.41) is 14.2. The summed E-state index contributed by atoms with van der Waals surface area (Å²) in [4.78, 5) is 21.4. The van der Waals surface area contributed by atoms with Gasteiger partial charge in [-0.3, -0.25) is 0 Å². The number of hydrogen-bond donors (Lipinski definition) is 2. The van der Waals surface area contributed by atoms with Crippen molar-refractivity contribution < 1.29 is 14.6 Å². The van der Waals surface area contributed by atoms with Crippen LogP contribution in [-0.4, -0.2) is 50.4 Å². The third-order valence-corrected chi connectivity index (χ3v) is 6.90. The number of nitrogens with zero attached hydrogens (tertiary/aromatic N) is 4. The molecule has 3 aromatic heterocycles. The average molecular weight is 446 g/mol. The highest BCUT2D eigenvalue weighted by Crippen LogP contribution is 2.38. The fourth-order valence-corrected chi connectivity index (χ4v) is 5.03. The maximum Gasteiger partial charge on any atom is 0.335 e. The lowest BCUT2D eigenvalue weighted by atomic mass is 10.1. The minimum atomic E-state index is -0.988. The van der Waals surface area contributed by atoms with Crippen LogP contribution in [0.25, 0.3) is 33.6 Å². The van der Waals surface area contributed by atoms with Gasteiger partial charge in [-0.15, -0.1) is 0 Å². The van der Waals surface area contributed by atoms with Gasteiger partial charge in [0.25, 0.3) is 0 Å². The van der Waals surface area contributed by atoms with E-state index in [-0.39, 0.29) is 5.56 Å². The van der Waals surface area contributed by atoms with Gasteiger partial charge < -0.3 is 24.3 Å². The number of methoxy groups -OCH3 is 1. The molecule has 4 aromatic rings. The monoisotopic (exact) mass is 445 g/mol. The molecule has 6 rings (SSSR count). The van der Waals surface area contributed by atoms with Gasteiger partial charge in [0.2, 0.25) is 0 Å². The van der Waals surface area contributed by atoms with Gasteiger partial charge in [-0.1, -0.05) is 0 Å². The van der Waals surface area contributed by atoms with Crippen LogP contribution in [0.15, 0.2) is 36.5 Å². The fraction of sp³-hybridized carbons (Fsp3) is 0.400. The summed E-state index contributed by atoms with van der Waals surface area (Å²) in [7, 11) is 1.59. The number of benzene rings is 1. The highest BCUT2D eigenvalue weighted by molar-refractivity contribution is 5.96. The van der Waals surface area contributed by atoms with Crippen LogP contribution in [0.4, 0.5) is 0 Å². The van der Waals surface area contributed by atoms with E-state index in [1.807, 2.05) is 12.3 Å². The van der Waals surface area contributed by atoms with Crippen molar-refractivity contribution in [2.45, 2.75) is 32.4 Å². The zero-order valence-electron chi connectivity index (χ0n) is 18.6. The third kappa shape index (κ3) is 3.54. The molecule has 1 aliphatic heterocycles. The molecule has 170 valence electrons. The van der Waals surface area contributed by atoms with Gasteiger partial charge in [-0.2, -0.15) is 0 Å². The smallest absolute Gasteiger partial charge is 0.335 e. The number of ether oxygens (including phenoxy) is 1. The number of hydrogen-bond acceptors (Lipinski definition) is 5. The lowest BCUT2D eigenvalue weighted by Gasteiger charge is -2.16. The largest absolute Gasteiger partial charge is 0.494 e. The number of fused-ring (bicyclic) bond motifs is 2. The number of rotatable bonds is 7. The minimum absolute atomic E-state index is 0.179. The number of carboxylic acids is 1. The van der Waals surface area contributed by atoms with E-state index >= 15 is 0 Å². The summed E-state index contributed by atoms with van der Waals surface area (Å²) in [6, 6.07) is 9.47. The van der Waals surface area contributed by atoms with E-state index in [0.29, 0.717) is 23.1 Å². The lowest BCUT2D eigenvalue weighted by molar-refractivity contribution is 0.0696. The molecule has 1 saturated heterocycles. The Labute approximate surface area is 191 Å². The molecule has 8 heteroatoms. The topological polar surface area (TPSA) is 94.2 Å². The molecule has 2 fully saturated rings. The molecule has 1 aliphatic carbocycles. The second kappa shape index (κ2) is 7.88. The van der Waals surface area contributed by atoms with Gasteiger partial charge >= 0.3 is 5.97 Å². The van der Waals surface area contributed by atoms with Crippen LogP contribution in [-0.2, 0) is 13.1 Å². The van der Waals surface area contributed by atoms with Crippen LogP contribution in [0.5, 0.6) is 5.75 Å². The predicted molar refractivity (Wildman–Crippen MR) is 126 cm³/mol. The van der Waals surface area contributed by atoms with Gasteiger partial charge in [0.15, 0.2) is 5.82 Å². The predicted octanol–water partition coefficient (Wildman–Crippen LogP) is 3.78. The van der Waals surface area contributed by atoms with Crippen molar-refractivity contribution in [1.29, 1.82) is 0 Å². The second-order valence-corrected chi connectivity index (χ2v) is 9.26. The van der Waals surface area contributed by atoms with E-state index in [1.54, 1.807) is 19.2 Å². The Kier molecular flexibility index (Phi) is 4.83. The Morgan fingerprint density at radius 2 is 2.03 bits per heavy atom. The standard InChI is InChI=1S/C25H27N5O3/c1-33-21-11-18(25(31)32)9-19-22(21)30(14-16-6-8-26-12-16)24(28-19)20-10-17-3-2-7-27-23(17)29(20)13-15-4-5-15/h2-3,7,9-11,15-16,26H,4-6,8,12-14H2,1H3,(H,31,32)/t16-/m0/s1. The summed E-state index contributed by atoms with van der Waals surface area (Å²) in [6.07, 6.45) is 5.42. The molecule has 0 unspecified atom stereocenters. The normalized spacial score (nSPS) is 18.4. The van der Waals surface area contributed by atoms with E-state index < -0.39 is 5.97 Å². The second-order valence-electron chi connectivity index (χ2n) is 9.26. The summed E-state index contributed by atoms with van der Waals surface area (Å²) in [6.45, 7) is 3.68. The van der Waals surface area contributed by atoms with E-state index in [2.05, 4.69) is 31.6 Å². The SMILES string of the molecule is COc1cc(C(=O)O)cc2nc(-c3cc4cccnc4n3CC3CC3)n(C[C@H]3CCNC3)c12. The Hall–Kier alpha value is -3.39. The maximum atomic E-state index is 11.7. The molecule has 1 saturated carbocycles. The van der Waals surface area contributed by atoms with Gasteiger partial charge in [-0.25, -0.2) is 14.8 Å². The zero-order valence-corrected chi connectivity index (χ0v) is 18.6. The number of aromatic nitrogens is 4. The Morgan fingerprint density at radius 3 is 2.76 bits per heavy atom. The van der Waals surface area contributed by atoms with Gasteiger partial charge in [0, 0.05) is 24.7 Å². The van der Waals surface area contributed by atoms with Crippen LogP contribution in [0, 0.1) is 11.8 Å². The number of carboxylic acid groups (broad SMARTS) is 1. The minimum Gasteiger partial charge on any atom is -0.494 e. The zero-order chi connectivity index (χ0) is 22.5. The maximum absolute atomic E-state index is 11.7. The first-order valence-corrected chi connectivity index (χ1v) is 11.6. The Balaban J connectivity index is 1.61.